The first kappa shape index (κ1) is 12.2. The number of methoxy groups -OCH3 is 1. The van der Waals surface area contributed by atoms with E-state index in [-0.39, 0.29) is 5.97 Å². The van der Waals surface area contributed by atoms with Crippen LogP contribution in [0.15, 0.2) is 41.0 Å². The van der Waals surface area contributed by atoms with Gasteiger partial charge in [0.25, 0.3) is 0 Å². The molecule has 1 heterocycles. The summed E-state index contributed by atoms with van der Waals surface area (Å²) in [6.45, 7) is 2.51. The Bertz CT molecular complexity index is 545. The predicted molar refractivity (Wildman–Crippen MR) is 68.6 cm³/mol. The fourth-order valence-electron chi connectivity index (χ4n) is 1.69. The van der Waals surface area contributed by atoms with Crippen molar-refractivity contribution in [1.82, 2.24) is 0 Å². The number of rotatable bonds is 4. The van der Waals surface area contributed by atoms with Gasteiger partial charge in [0.1, 0.15) is 5.76 Å². The Kier molecular flexibility index (Phi) is 3.67. The number of hydrogen-bond acceptors (Lipinski definition) is 4. The van der Waals surface area contributed by atoms with E-state index in [1.165, 1.54) is 7.11 Å². The van der Waals surface area contributed by atoms with Crippen LogP contribution in [0.1, 0.15) is 21.7 Å². The van der Waals surface area contributed by atoms with Gasteiger partial charge in [0.05, 0.1) is 25.5 Å². The number of anilines is 1. The third kappa shape index (κ3) is 2.53. The summed E-state index contributed by atoms with van der Waals surface area (Å²) in [5.74, 6) is 0.504. The Labute approximate surface area is 106 Å². The first-order valence-corrected chi connectivity index (χ1v) is 5.66. The average Bonchev–Trinajstić information content (AvgIpc) is 2.81. The molecule has 0 atom stereocenters. The fraction of sp³-hybridized carbons (Fsp3) is 0.214. The maximum Gasteiger partial charge on any atom is 0.339 e. The quantitative estimate of drug-likeness (QED) is 0.841. The van der Waals surface area contributed by atoms with Gasteiger partial charge in [-0.15, -0.1) is 0 Å². The summed E-state index contributed by atoms with van der Waals surface area (Å²) in [6, 6.07) is 9.14. The van der Waals surface area contributed by atoms with Crippen molar-refractivity contribution >= 4 is 11.7 Å². The highest BCUT2D eigenvalue weighted by atomic mass is 16.5. The summed E-state index contributed by atoms with van der Waals surface area (Å²) >= 11 is 0. The Balaban J connectivity index is 2.14. The number of carbonyl (C=O) groups excluding carboxylic acids is 1. The second-order valence-electron chi connectivity index (χ2n) is 3.92. The van der Waals surface area contributed by atoms with E-state index >= 15 is 0 Å². The molecule has 0 aliphatic rings. The first-order chi connectivity index (χ1) is 8.72. The van der Waals surface area contributed by atoms with Crippen molar-refractivity contribution in [3.63, 3.8) is 0 Å². The molecule has 4 heteroatoms. The van der Waals surface area contributed by atoms with E-state index < -0.39 is 0 Å². The van der Waals surface area contributed by atoms with Crippen LogP contribution in [0.3, 0.4) is 0 Å². The first-order valence-electron chi connectivity index (χ1n) is 5.66. The third-order valence-corrected chi connectivity index (χ3v) is 2.74. The van der Waals surface area contributed by atoms with Crippen LogP contribution in [0.4, 0.5) is 5.69 Å². The van der Waals surface area contributed by atoms with Crippen LogP contribution >= 0.6 is 0 Å². The van der Waals surface area contributed by atoms with Gasteiger partial charge in [-0.05, 0) is 30.7 Å². The monoisotopic (exact) mass is 245 g/mol. The predicted octanol–water partition coefficient (Wildman–Crippen LogP) is 2.99. The Morgan fingerprint density at radius 3 is 2.78 bits per heavy atom. The molecule has 2 rings (SSSR count). The number of para-hydroxylation sites is 1. The van der Waals surface area contributed by atoms with Crippen molar-refractivity contribution in [2.45, 2.75) is 13.5 Å². The zero-order valence-electron chi connectivity index (χ0n) is 10.4. The lowest BCUT2D eigenvalue weighted by atomic mass is 10.1. The summed E-state index contributed by atoms with van der Waals surface area (Å²) in [5.41, 5.74) is 2.34. The number of aryl methyl sites for hydroxylation is 1. The summed E-state index contributed by atoms with van der Waals surface area (Å²) in [6.07, 6.45) is 1.65. The van der Waals surface area contributed by atoms with E-state index in [1.807, 2.05) is 25.1 Å². The number of esters is 1. The van der Waals surface area contributed by atoms with E-state index in [0.717, 1.165) is 17.0 Å². The van der Waals surface area contributed by atoms with Crippen molar-refractivity contribution in [1.29, 1.82) is 0 Å². The molecular formula is C14H15NO3. The van der Waals surface area contributed by atoms with Gasteiger partial charge < -0.3 is 14.5 Å². The topological polar surface area (TPSA) is 51.5 Å². The van der Waals surface area contributed by atoms with E-state index in [2.05, 4.69) is 5.32 Å². The van der Waals surface area contributed by atoms with Gasteiger partial charge in [0.2, 0.25) is 0 Å². The van der Waals surface area contributed by atoms with Crippen LogP contribution in [0.5, 0.6) is 0 Å². The van der Waals surface area contributed by atoms with Crippen LogP contribution < -0.4 is 5.32 Å². The smallest absolute Gasteiger partial charge is 0.339 e. The van der Waals surface area contributed by atoms with Crippen molar-refractivity contribution < 1.29 is 13.9 Å². The van der Waals surface area contributed by atoms with Gasteiger partial charge in [-0.2, -0.15) is 0 Å². The van der Waals surface area contributed by atoms with E-state index in [1.54, 1.807) is 18.4 Å². The molecule has 0 radical (unpaired) electrons. The van der Waals surface area contributed by atoms with Gasteiger partial charge in [-0.1, -0.05) is 12.1 Å². The second-order valence-corrected chi connectivity index (χ2v) is 3.92. The van der Waals surface area contributed by atoms with Crippen LogP contribution in [-0.4, -0.2) is 13.1 Å². The molecule has 0 saturated heterocycles. The Morgan fingerprint density at radius 1 is 1.33 bits per heavy atom. The SMILES string of the molecule is COC(=O)c1ccccc1NCc1occc1C. The molecule has 0 unspecified atom stereocenters. The zero-order valence-corrected chi connectivity index (χ0v) is 10.4. The largest absolute Gasteiger partial charge is 0.467 e. The van der Waals surface area contributed by atoms with Crippen molar-refractivity contribution in [3.8, 4) is 0 Å². The Hall–Kier alpha value is -2.23. The minimum absolute atomic E-state index is 0.353. The normalized spacial score (nSPS) is 10.1. The zero-order chi connectivity index (χ0) is 13.0. The lowest BCUT2D eigenvalue weighted by Gasteiger charge is -2.09. The van der Waals surface area contributed by atoms with Gasteiger partial charge in [-0.25, -0.2) is 4.79 Å². The van der Waals surface area contributed by atoms with Crippen molar-refractivity contribution in [3.05, 3.63) is 53.5 Å². The molecule has 0 saturated carbocycles. The average molecular weight is 245 g/mol. The molecule has 0 amide bonds. The molecule has 1 aromatic heterocycles. The molecule has 0 aliphatic heterocycles. The van der Waals surface area contributed by atoms with Crippen molar-refractivity contribution in [2.24, 2.45) is 0 Å². The van der Waals surface area contributed by atoms with Crippen LogP contribution in [-0.2, 0) is 11.3 Å². The fourth-order valence-corrected chi connectivity index (χ4v) is 1.69. The molecule has 0 bridgehead atoms. The molecule has 0 fully saturated rings. The maximum atomic E-state index is 11.6. The van der Waals surface area contributed by atoms with Gasteiger partial charge >= 0.3 is 5.97 Å². The summed E-state index contributed by atoms with van der Waals surface area (Å²) < 4.78 is 10.1. The number of carbonyl (C=O) groups is 1. The molecule has 18 heavy (non-hydrogen) atoms. The molecule has 0 spiro atoms. The van der Waals surface area contributed by atoms with Crippen LogP contribution in [0.2, 0.25) is 0 Å². The lowest BCUT2D eigenvalue weighted by molar-refractivity contribution is 0.0602. The molecule has 1 N–H and O–H groups in total. The minimum atomic E-state index is -0.353. The summed E-state index contributed by atoms with van der Waals surface area (Å²) in [7, 11) is 1.37. The Morgan fingerprint density at radius 2 is 2.11 bits per heavy atom. The molecule has 4 nitrogen and oxygen atoms in total. The van der Waals surface area contributed by atoms with E-state index in [0.29, 0.717) is 12.1 Å². The number of furan rings is 1. The second kappa shape index (κ2) is 5.40. The molecule has 1 aromatic carbocycles. The highest BCUT2D eigenvalue weighted by molar-refractivity contribution is 5.95. The summed E-state index contributed by atoms with van der Waals surface area (Å²) in [5, 5.41) is 3.18. The standard InChI is InChI=1S/C14H15NO3/c1-10-7-8-18-13(10)9-15-12-6-4-3-5-11(12)14(16)17-2/h3-8,15H,9H2,1-2H3. The molecule has 94 valence electrons. The number of nitrogens with one attached hydrogen (secondary N) is 1. The molecule has 0 aliphatic carbocycles. The lowest BCUT2D eigenvalue weighted by Crippen LogP contribution is -2.08. The minimum Gasteiger partial charge on any atom is -0.467 e. The summed E-state index contributed by atoms with van der Waals surface area (Å²) in [4.78, 5) is 11.6. The highest BCUT2D eigenvalue weighted by Crippen LogP contribution is 2.18. The van der Waals surface area contributed by atoms with Crippen molar-refractivity contribution in [2.75, 3.05) is 12.4 Å². The maximum absolute atomic E-state index is 11.6. The van der Waals surface area contributed by atoms with Crippen LogP contribution in [0.25, 0.3) is 0 Å². The number of benzene rings is 1. The van der Waals surface area contributed by atoms with E-state index in [4.69, 9.17) is 9.15 Å². The highest BCUT2D eigenvalue weighted by Gasteiger charge is 2.11. The van der Waals surface area contributed by atoms with Gasteiger partial charge in [-0.3, -0.25) is 0 Å². The van der Waals surface area contributed by atoms with Gasteiger partial charge in [0.15, 0.2) is 0 Å². The van der Waals surface area contributed by atoms with Gasteiger partial charge in [0, 0.05) is 5.69 Å². The van der Waals surface area contributed by atoms with E-state index in [9.17, 15) is 4.79 Å². The number of ether oxygens (including phenoxy) is 1. The number of hydrogen-bond donors (Lipinski definition) is 1. The third-order valence-electron chi connectivity index (χ3n) is 2.74. The van der Waals surface area contributed by atoms with Crippen LogP contribution in [0, 0.1) is 6.92 Å². The molecular weight excluding hydrogens is 230 g/mol. The molecule has 2 aromatic rings.